The molecular weight excluding hydrogens is 428 g/mol. The zero-order chi connectivity index (χ0) is 23.5. The van der Waals surface area contributed by atoms with Gasteiger partial charge in [0, 0.05) is 50.3 Å². The largest absolute Gasteiger partial charge is 0.487 e. The molecule has 1 aliphatic rings. The van der Waals surface area contributed by atoms with Crippen molar-refractivity contribution < 1.29 is 9.53 Å². The van der Waals surface area contributed by atoms with E-state index in [0.29, 0.717) is 55.5 Å². The van der Waals surface area contributed by atoms with E-state index >= 15 is 0 Å². The lowest BCUT2D eigenvalue weighted by Gasteiger charge is -2.35. The standard InChI is InChI=1S/C26H24N6O2/c1-19-4-9-24-29-22(17-32(24)16-19)18-34-23-7-5-20(6-8-23)26(33)31-13-11-30(12-14-31)25-21(15-27)3-2-10-28-25/h2-10,16-17H,11-14,18H2,1H3. The SMILES string of the molecule is Cc1ccc2nc(COc3ccc(C(=O)N4CCN(c5ncccc5C#N)CC4)cc3)cn2c1. The van der Waals surface area contributed by atoms with Crippen LogP contribution in [-0.4, -0.2) is 51.4 Å². The molecule has 0 spiro atoms. The Morgan fingerprint density at radius 3 is 2.62 bits per heavy atom. The highest BCUT2D eigenvalue weighted by atomic mass is 16.5. The van der Waals surface area contributed by atoms with Crippen LogP contribution in [0.3, 0.4) is 0 Å². The summed E-state index contributed by atoms with van der Waals surface area (Å²) in [4.78, 5) is 25.8. The molecule has 1 aromatic carbocycles. The highest BCUT2D eigenvalue weighted by Crippen LogP contribution is 2.20. The van der Waals surface area contributed by atoms with E-state index in [0.717, 1.165) is 11.3 Å². The second-order valence-electron chi connectivity index (χ2n) is 8.28. The van der Waals surface area contributed by atoms with Gasteiger partial charge in [0.1, 0.15) is 29.9 Å². The Labute approximate surface area is 197 Å². The van der Waals surface area contributed by atoms with Gasteiger partial charge in [0.2, 0.25) is 0 Å². The third-order valence-electron chi connectivity index (χ3n) is 5.91. The van der Waals surface area contributed by atoms with Crippen LogP contribution in [0.25, 0.3) is 5.65 Å². The molecule has 3 aromatic heterocycles. The van der Waals surface area contributed by atoms with E-state index in [1.807, 2.05) is 52.9 Å². The smallest absolute Gasteiger partial charge is 0.253 e. The van der Waals surface area contributed by atoms with Crippen molar-refractivity contribution in [3.8, 4) is 11.8 Å². The minimum Gasteiger partial charge on any atom is -0.487 e. The first-order chi connectivity index (χ1) is 16.6. The number of benzene rings is 1. The van der Waals surface area contributed by atoms with Crippen molar-refractivity contribution in [2.75, 3.05) is 31.1 Å². The number of hydrogen-bond acceptors (Lipinski definition) is 6. The zero-order valence-corrected chi connectivity index (χ0v) is 18.9. The van der Waals surface area contributed by atoms with Gasteiger partial charge < -0.3 is 18.9 Å². The average molecular weight is 453 g/mol. The number of piperazine rings is 1. The first kappa shape index (κ1) is 21.5. The van der Waals surface area contributed by atoms with E-state index in [1.165, 1.54) is 5.56 Å². The monoisotopic (exact) mass is 452 g/mol. The van der Waals surface area contributed by atoms with Crippen LogP contribution in [0, 0.1) is 18.3 Å². The molecule has 0 unspecified atom stereocenters. The fourth-order valence-corrected chi connectivity index (χ4v) is 4.12. The number of amides is 1. The Morgan fingerprint density at radius 2 is 1.85 bits per heavy atom. The van der Waals surface area contributed by atoms with Crippen LogP contribution >= 0.6 is 0 Å². The maximum absolute atomic E-state index is 13.0. The molecule has 0 saturated carbocycles. The lowest BCUT2D eigenvalue weighted by molar-refractivity contribution is 0.0746. The van der Waals surface area contributed by atoms with Crippen molar-refractivity contribution in [2.45, 2.75) is 13.5 Å². The zero-order valence-electron chi connectivity index (χ0n) is 18.9. The summed E-state index contributed by atoms with van der Waals surface area (Å²) in [7, 11) is 0. The van der Waals surface area contributed by atoms with Crippen molar-refractivity contribution in [1.29, 1.82) is 5.26 Å². The molecule has 8 heteroatoms. The molecule has 1 aliphatic heterocycles. The number of pyridine rings is 2. The van der Waals surface area contributed by atoms with Crippen LogP contribution in [0.2, 0.25) is 0 Å². The third kappa shape index (κ3) is 4.41. The number of nitriles is 1. The highest BCUT2D eigenvalue weighted by Gasteiger charge is 2.24. The number of rotatable bonds is 5. The van der Waals surface area contributed by atoms with E-state index in [2.05, 4.69) is 20.9 Å². The number of aromatic nitrogens is 3. The Hall–Kier alpha value is -4.38. The summed E-state index contributed by atoms with van der Waals surface area (Å²) in [6.45, 7) is 4.82. The first-order valence-corrected chi connectivity index (χ1v) is 11.2. The van der Waals surface area contributed by atoms with Crippen molar-refractivity contribution >= 4 is 17.4 Å². The molecule has 5 rings (SSSR count). The summed E-state index contributed by atoms with van der Waals surface area (Å²) in [5, 5.41) is 9.31. The number of carbonyl (C=O) groups excluding carboxylic acids is 1. The molecule has 170 valence electrons. The maximum atomic E-state index is 13.0. The van der Waals surface area contributed by atoms with Gasteiger partial charge in [-0.3, -0.25) is 4.79 Å². The van der Waals surface area contributed by atoms with Crippen LogP contribution in [0.5, 0.6) is 5.75 Å². The van der Waals surface area contributed by atoms with E-state index < -0.39 is 0 Å². The van der Waals surface area contributed by atoms with E-state index in [1.54, 1.807) is 30.5 Å². The quantitative estimate of drug-likeness (QED) is 0.461. The van der Waals surface area contributed by atoms with Crippen LogP contribution in [0.4, 0.5) is 5.82 Å². The fraction of sp³-hybridized carbons (Fsp3) is 0.231. The molecule has 0 bridgehead atoms. The van der Waals surface area contributed by atoms with Gasteiger partial charge in [-0.2, -0.15) is 5.26 Å². The number of hydrogen-bond donors (Lipinski definition) is 0. The van der Waals surface area contributed by atoms with Crippen LogP contribution in [-0.2, 0) is 6.61 Å². The average Bonchev–Trinajstić information content (AvgIpc) is 3.29. The summed E-state index contributed by atoms with van der Waals surface area (Å²) in [5.74, 6) is 1.36. The Morgan fingerprint density at radius 1 is 1.06 bits per heavy atom. The Balaban J connectivity index is 1.17. The lowest BCUT2D eigenvalue weighted by atomic mass is 10.1. The van der Waals surface area contributed by atoms with Gasteiger partial charge in [0.15, 0.2) is 0 Å². The summed E-state index contributed by atoms with van der Waals surface area (Å²) in [5.41, 5.74) is 4.08. The van der Waals surface area contributed by atoms with Gasteiger partial charge in [0.05, 0.1) is 11.3 Å². The number of anilines is 1. The molecule has 1 saturated heterocycles. The minimum atomic E-state index is -0.0107. The van der Waals surface area contributed by atoms with Crippen LogP contribution in [0.1, 0.15) is 27.2 Å². The van der Waals surface area contributed by atoms with Crippen molar-refractivity contribution in [2.24, 2.45) is 0 Å². The van der Waals surface area contributed by atoms with E-state index in [-0.39, 0.29) is 5.91 Å². The summed E-state index contributed by atoms with van der Waals surface area (Å²) < 4.78 is 7.87. The first-order valence-electron chi connectivity index (χ1n) is 11.2. The number of aryl methyl sites for hydroxylation is 1. The predicted molar refractivity (Wildman–Crippen MR) is 128 cm³/mol. The van der Waals surface area contributed by atoms with Gasteiger partial charge in [-0.25, -0.2) is 9.97 Å². The summed E-state index contributed by atoms with van der Waals surface area (Å²) in [6, 6.07) is 16.9. The number of fused-ring (bicyclic) bond motifs is 1. The second-order valence-corrected chi connectivity index (χ2v) is 8.28. The van der Waals surface area contributed by atoms with E-state index in [9.17, 15) is 10.1 Å². The Kier molecular flexibility index (Phi) is 5.83. The van der Waals surface area contributed by atoms with Gasteiger partial charge in [0.25, 0.3) is 5.91 Å². The predicted octanol–water partition coefficient (Wildman–Crippen LogP) is 3.45. The van der Waals surface area contributed by atoms with Crippen molar-refractivity contribution in [3.05, 3.63) is 89.5 Å². The third-order valence-corrected chi connectivity index (χ3v) is 5.91. The normalized spacial score (nSPS) is 13.6. The number of nitrogens with zero attached hydrogens (tertiary/aromatic N) is 6. The fourth-order valence-electron chi connectivity index (χ4n) is 4.12. The molecule has 0 N–H and O–H groups in total. The minimum absolute atomic E-state index is 0.0107. The molecule has 4 aromatic rings. The van der Waals surface area contributed by atoms with Gasteiger partial charge >= 0.3 is 0 Å². The van der Waals surface area contributed by atoms with Crippen molar-refractivity contribution in [1.82, 2.24) is 19.3 Å². The number of imidazole rings is 1. The topological polar surface area (TPSA) is 86.8 Å². The molecule has 0 atom stereocenters. The van der Waals surface area contributed by atoms with Gasteiger partial charge in [-0.1, -0.05) is 6.07 Å². The maximum Gasteiger partial charge on any atom is 0.253 e. The van der Waals surface area contributed by atoms with Gasteiger partial charge in [-0.15, -0.1) is 0 Å². The van der Waals surface area contributed by atoms with Gasteiger partial charge in [-0.05, 0) is 55.0 Å². The van der Waals surface area contributed by atoms with E-state index in [4.69, 9.17) is 4.74 Å². The molecule has 0 aliphatic carbocycles. The molecule has 4 heterocycles. The highest BCUT2D eigenvalue weighted by molar-refractivity contribution is 5.94. The molecule has 1 fully saturated rings. The molecule has 34 heavy (non-hydrogen) atoms. The summed E-state index contributed by atoms with van der Waals surface area (Å²) in [6.07, 6.45) is 5.68. The molecule has 8 nitrogen and oxygen atoms in total. The molecule has 0 radical (unpaired) electrons. The summed E-state index contributed by atoms with van der Waals surface area (Å²) >= 11 is 0. The Bertz CT molecular complexity index is 1360. The van der Waals surface area contributed by atoms with Crippen LogP contribution in [0.15, 0.2) is 67.1 Å². The van der Waals surface area contributed by atoms with Crippen molar-refractivity contribution in [3.63, 3.8) is 0 Å². The molecule has 1 amide bonds. The number of carbonyl (C=O) groups is 1. The second kappa shape index (κ2) is 9.24. The lowest BCUT2D eigenvalue weighted by Crippen LogP contribution is -2.49. The number of ether oxygens (including phenoxy) is 1. The van der Waals surface area contributed by atoms with Crippen LogP contribution < -0.4 is 9.64 Å². The molecular formula is C26H24N6O2.